The topological polar surface area (TPSA) is 15.3 Å². The molecule has 0 aromatic rings. The summed E-state index contributed by atoms with van der Waals surface area (Å²) in [5, 5.41) is 3.46. The Balaban J connectivity index is 2.21. The van der Waals surface area contributed by atoms with E-state index in [4.69, 9.17) is 0 Å². The Morgan fingerprint density at radius 1 is 1.67 bits per heavy atom. The maximum atomic E-state index is 3.70. The lowest BCUT2D eigenvalue weighted by Gasteiger charge is -2.20. The normalized spacial score (nSPS) is 25.1. The van der Waals surface area contributed by atoms with Crippen molar-refractivity contribution in [2.24, 2.45) is 0 Å². The molecule has 1 heterocycles. The van der Waals surface area contributed by atoms with Crippen molar-refractivity contribution >= 4 is 0 Å². The third-order valence-electron chi connectivity index (χ3n) is 2.50. The zero-order valence-corrected chi connectivity index (χ0v) is 8.21. The minimum absolute atomic E-state index is 0.686. The van der Waals surface area contributed by atoms with E-state index in [0.29, 0.717) is 12.1 Å². The molecule has 1 atom stereocenters. The fraction of sp³-hybridized carbons (Fsp3) is 0.800. The molecule has 1 aliphatic heterocycles. The van der Waals surface area contributed by atoms with Gasteiger partial charge in [0.2, 0.25) is 0 Å². The summed E-state index contributed by atoms with van der Waals surface area (Å²) in [5.41, 5.74) is 0. The van der Waals surface area contributed by atoms with Crippen molar-refractivity contribution in [1.29, 1.82) is 0 Å². The van der Waals surface area contributed by atoms with E-state index in [0.717, 1.165) is 6.54 Å². The fourth-order valence-electron chi connectivity index (χ4n) is 1.67. The molecule has 2 nitrogen and oxygen atoms in total. The minimum Gasteiger partial charge on any atom is -0.309 e. The van der Waals surface area contributed by atoms with Crippen LogP contribution in [0.5, 0.6) is 0 Å². The highest BCUT2D eigenvalue weighted by Crippen LogP contribution is 2.11. The van der Waals surface area contributed by atoms with Crippen LogP contribution in [0.3, 0.4) is 0 Å². The molecule has 0 unspecified atom stereocenters. The number of nitrogens with one attached hydrogen (secondary N) is 1. The summed E-state index contributed by atoms with van der Waals surface area (Å²) in [5.74, 6) is 0. The predicted octanol–water partition coefficient (Wildman–Crippen LogP) is 1.24. The molecule has 70 valence electrons. The van der Waals surface area contributed by atoms with E-state index >= 15 is 0 Å². The number of rotatable bonds is 4. The van der Waals surface area contributed by atoms with E-state index in [1.807, 2.05) is 6.08 Å². The van der Waals surface area contributed by atoms with Crippen LogP contribution in [0.2, 0.25) is 0 Å². The van der Waals surface area contributed by atoms with Gasteiger partial charge in [0.05, 0.1) is 0 Å². The van der Waals surface area contributed by atoms with Gasteiger partial charge in [-0.3, -0.25) is 4.90 Å². The molecule has 1 aliphatic rings. The average molecular weight is 168 g/mol. The highest BCUT2D eigenvalue weighted by atomic mass is 15.2. The molecule has 0 bridgehead atoms. The molecule has 1 N–H and O–H groups in total. The first-order chi connectivity index (χ1) is 5.74. The first-order valence-electron chi connectivity index (χ1n) is 4.82. The van der Waals surface area contributed by atoms with Crippen LogP contribution in [-0.4, -0.2) is 36.6 Å². The number of nitrogens with zero attached hydrogens (tertiary/aromatic N) is 1. The maximum absolute atomic E-state index is 3.70. The number of hydrogen-bond donors (Lipinski definition) is 1. The molecular weight excluding hydrogens is 148 g/mol. The van der Waals surface area contributed by atoms with Crippen molar-refractivity contribution in [1.82, 2.24) is 10.2 Å². The average Bonchev–Trinajstić information content (AvgIpc) is 2.48. The summed E-state index contributed by atoms with van der Waals surface area (Å²) >= 11 is 0. The molecule has 0 aromatic heterocycles. The summed E-state index contributed by atoms with van der Waals surface area (Å²) in [4.78, 5) is 2.51. The quantitative estimate of drug-likeness (QED) is 0.635. The second-order valence-electron chi connectivity index (χ2n) is 3.77. The van der Waals surface area contributed by atoms with Gasteiger partial charge in [0.25, 0.3) is 0 Å². The molecule has 0 saturated carbocycles. The number of likely N-dealkylation sites (tertiary alicyclic amines) is 1. The van der Waals surface area contributed by atoms with Crippen LogP contribution in [0, 0.1) is 0 Å². The van der Waals surface area contributed by atoms with Gasteiger partial charge in [0.15, 0.2) is 0 Å². The van der Waals surface area contributed by atoms with E-state index < -0.39 is 0 Å². The molecule has 0 spiro atoms. The Morgan fingerprint density at radius 3 is 2.92 bits per heavy atom. The lowest BCUT2D eigenvalue weighted by atomic mass is 10.2. The van der Waals surface area contributed by atoms with Gasteiger partial charge in [-0.15, -0.1) is 6.58 Å². The summed E-state index contributed by atoms with van der Waals surface area (Å²) in [6.45, 7) is 11.6. The molecule has 0 aliphatic carbocycles. The molecule has 0 aromatic carbocycles. The summed E-state index contributed by atoms with van der Waals surface area (Å²) in [6, 6.07) is 1.38. The van der Waals surface area contributed by atoms with Crippen molar-refractivity contribution in [3.8, 4) is 0 Å². The van der Waals surface area contributed by atoms with Gasteiger partial charge < -0.3 is 5.32 Å². The van der Waals surface area contributed by atoms with E-state index in [1.165, 1.54) is 19.5 Å². The Hall–Kier alpha value is -0.340. The van der Waals surface area contributed by atoms with E-state index in [-0.39, 0.29) is 0 Å². The van der Waals surface area contributed by atoms with Crippen LogP contribution in [-0.2, 0) is 0 Å². The van der Waals surface area contributed by atoms with Crippen LogP contribution >= 0.6 is 0 Å². The zero-order chi connectivity index (χ0) is 8.97. The van der Waals surface area contributed by atoms with Crippen LogP contribution in [0.25, 0.3) is 0 Å². The molecule has 1 saturated heterocycles. The van der Waals surface area contributed by atoms with Crippen molar-refractivity contribution in [2.75, 3.05) is 19.6 Å². The molecule has 1 rings (SSSR count). The molecule has 12 heavy (non-hydrogen) atoms. The van der Waals surface area contributed by atoms with Gasteiger partial charge in [-0.05, 0) is 26.8 Å². The van der Waals surface area contributed by atoms with Crippen molar-refractivity contribution in [2.45, 2.75) is 32.4 Å². The highest BCUT2D eigenvalue weighted by molar-refractivity contribution is 4.84. The largest absolute Gasteiger partial charge is 0.309 e. The Labute approximate surface area is 75.6 Å². The van der Waals surface area contributed by atoms with Gasteiger partial charge in [-0.25, -0.2) is 0 Å². The van der Waals surface area contributed by atoms with Gasteiger partial charge in [0, 0.05) is 25.2 Å². The smallest absolute Gasteiger partial charge is 0.0210 e. The monoisotopic (exact) mass is 168 g/mol. The standard InChI is InChI=1S/C10H20N2/c1-4-6-11-10-5-7-12(8-10)9(2)3/h4,9-11H,1,5-8H2,2-3H3/t10-/m1/s1. The third-order valence-corrected chi connectivity index (χ3v) is 2.50. The Bertz CT molecular complexity index is 143. The molecule has 0 radical (unpaired) electrons. The van der Waals surface area contributed by atoms with Crippen LogP contribution in [0.1, 0.15) is 20.3 Å². The molecule has 2 heteroatoms. The SMILES string of the molecule is C=CCN[C@@H]1CCN(C(C)C)C1. The van der Waals surface area contributed by atoms with E-state index in [2.05, 4.69) is 30.6 Å². The van der Waals surface area contributed by atoms with E-state index in [1.54, 1.807) is 0 Å². The molecular formula is C10H20N2. The van der Waals surface area contributed by atoms with Crippen LogP contribution in [0.4, 0.5) is 0 Å². The molecule has 1 fully saturated rings. The fourth-order valence-corrected chi connectivity index (χ4v) is 1.67. The second kappa shape index (κ2) is 4.63. The van der Waals surface area contributed by atoms with Gasteiger partial charge >= 0.3 is 0 Å². The van der Waals surface area contributed by atoms with Gasteiger partial charge in [0.1, 0.15) is 0 Å². The maximum Gasteiger partial charge on any atom is 0.0210 e. The Kier molecular flexibility index (Phi) is 3.76. The molecule has 0 amide bonds. The number of hydrogen-bond acceptors (Lipinski definition) is 2. The van der Waals surface area contributed by atoms with Crippen LogP contribution in [0.15, 0.2) is 12.7 Å². The first-order valence-corrected chi connectivity index (χ1v) is 4.82. The van der Waals surface area contributed by atoms with Crippen molar-refractivity contribution < 1.29 is 0 Å². The Morgan fingerprint density at radius 2 is 2.42 bits per heavy atom. The lowest BCUT2D eigenvalue weighted by molar-refractivity contribution is 0.269. The summed E-state index contributed by atoms with van der Waals surface area (Å²) < 4.78 is 0. The van der Waals surface area contributed by atoms with E-state index in [9.17, 15) is 0 Å². The minimum atomic E-state index is 0.686. The summed E-state index contributed by atoms with van der Waals surface area (Å²) in [7, 11) is 0. The highest BCUT2D eigenvalue weighted by Gasteiger charge is 2.22. The zero-order valence-electron chi connectivity index (χ0n) is 8.21. The van der Waals surface area contributed by atoms with Crippen LogP contribution < -0.4 is 5.32 Å². The lowest BCUT2D eigenvalue weighted by Crippen LogP contribution is -2.35. The summed E-state index contributed by atoms with van der Waals surface area (Å²) in [6.07, 6.45) is 3.21. The predicted molar refractivity (Wildman–Crippen MR) is 53.3 cm³/mol. The van der Waals surface area contributed by atoms with Gasteiger partial charge in [-0.2, -0.15) is 0 Å². The second-order valence-corrected chi connectivity index (χ2v) is 3.77. The van der Waals surface area contributed by atoms with Crippen molar-refractivity contribution in [3.05, 3.63) is 12.7 Å². The van der Waals surface area contributed by atoms with Gasteiger partial charge in [-0.1, -0.05) is 6.08 Å². The third kappa shape index (κ3) is 2.61. The first kappa shape index (κ1) is 9.75. The van der Waals surface area contributed by atoms with Crippen molar-refractivity contribution in [3.63, 3.8) is 0 Å².